The summed E-state index contributed by atoms with van der Waals surface area (Å²) in [5, 5.41) is 13.5. The van der Waals surface area contributed by atoms with Crippen LogP contribution in [0.1, 0.15) is 42.6 Å². The third kappa shape index (κ3) is 5.55. The van der Waals surface area contributed by atoms with Crippen molar-refractivity contribution >= 4 is 23.5 Å². The molecule has 0 saturated carbocycles. The molecule has 10 nitrogen and oxygen atoms in total. The average molecular weight is 556 g/mol. The van der Waals surface area contributed by atoms with Crippen LogP contribution in [0.5, 0.6) is 0 Å². The summed E-state index contributed by atoms with van der Waals surface area (Å²) < 4.78 is 39.8. The Labute approximate surface area is 228 Å². The summed E-state index contributed by atoms with van der Waals surface area (Å²) in [5.41, 5.74) is 1.37. The molecule has 1 saturated heterocycles. The van der Waals surface area contributed by atoms with Crippen LogP contribution in [-0.2, 0) is 34.2 Å². The van der Waals surface area contributed by atoms with Crippen LogP contribution in [0.4, 0.5) is 19.0 Å². The van der Waals surface area contributed by atoms with Crippen LogP contribution < -0.4 is 10.6 Å². The summed E-state index contributed by atoms with van der Waals surface area (Å²) in [4.78, 5) is 42.7. The van der Waals surface area contributed by atoms with E-state index < -0.39 is 35.6 Å². The maximum Gasteiger partial charge on any atom is 0.433 e. The van der Waals surface area contributed by atoms with Gasteiger partial charge in [0.1, 0.15) is 17.6 Å². The molecule has 0 spiro atoms. The number of anilines is 1. The molecule has 1 aromatic carbocycles. The molecular weight excluding hydrogens is 527 g/mol. The number of amides is 3. The first-order chi connectivity index (χ1) is 19.0. The normalized spacial score (nSPS) is 18.1. The predicted octanol–water partition coefficient (Wildman–Crippen LogP) is 3.29. The van der Waals surface area contributed by atoms with E-state index in [0.717, 1.165) is 36.4 Å². The fraction of sp³-hybridized carbons (Fsp3) is 0.370. The van der Waals surface area contributed by atoms with Crippen LogP contribution >= 0.6 is 0 Å². The van der Waals surface area contributed by atoms with Gasteiger partial charge < -0.3 is 10.6 Å². The molecule has 0 bridgehead atoms. The van der Waals surface area contributed by atoms with E-state index >= 15 is 0 Å². The Bertz CT molecular complexity index is 1440. The van der Waals surface area contributed by atoms with Crippen molar-refractivity contribution in [3.05, 3.63) is 65.5 Å². The fourth-order valence-corrected chi connectivity index (χ4v) is 4.94. The van der Waals surface area contributed by atoms with E-state index in [1.54, 1.807) is 19.0 Å². The second-order valence-electron chi connectivity index (χ2n) is 9.97. The first-order valence-electron chi connectivity index (χ1n) is 12.8. The zero-order chi connectivity index (χ0) is 28.6. The van der Waals surface area contributed by atoms with Gasteiger partial charge in [-0.3, -0.25) is 29.1 Å². The lowest BCUT2D eigenvalue weighted by Crippen LogP contribution is -2.46. The number of rotatable bonds is 6. The Morgan fingerprint density at radius 1 is 1.15 bits per heavy atom. The number of alkyl halides is 3. The van der Waals surface area contributed by atoms with Crippen LogP contribution in [0.15, 0.2) is 48.7 Å². The molecule has 5 rings (SSSR count). The zero-order valence-electron chi connectivity index (χ0n) is 21.9. The van der Waals surface area contributed by atoms with Gasteiger partial charge in [0.25, 0.3) is 5.91 Å². The summed E-state index contributed by atoms with van der Waals surface area (Å²) in [7, 11) is 1.57. The molecule has 0 radical (unpaired) electrons. The second kappa shape index (κ2) is 10.7. The van der Waals surface area contributed by atoms with Crippen LogP contribution in [0.3, 0.4) is 0 Å². The molecule has 0 unspecified atom stereocenters. The van der Waals surface area contributed by atoms with Crippen LogP contribution in [0.25, 0.3) is 11.3 Å². The molecule has 3 amide bonds. The van der Waals surface area contributed by atoms with Gasteiger partial charge in [-0.05, 0) is 29.7 Å². The van der Waals surface area contributed by atoms with E-state index in [1.165, 1.54) is 16.8 Å². The van der Waals surface area contributed by atoms with Gasteiger partial charge in [0.15, 0.2) is 0 Å². The largest absolute Gasteiger partial charge is 0.433 e. The summed E-state index contributed by atoms with van der Waals surface area (Å²) in [6, 6.07) is 10.3. The van der Waals surface area contributed by atoms with Crippen molar-refractivity contribution in [1.29, 1.82) is 0 Å². The lowest BCUT2D eigenvalue weighted by atomic mass is 9.98. The summed E-state index contributed by atoms with van der Waals surface area (Å²) in [5.74, 6) is -1.54. The lowest BCUT2D eigenvalue weighted by Gasteiger charge is -2.28. The van der Waals surface area contributed by atoms with Crippen molar-refractivity contribution in [1.82, 2.24) is 30.1 Å². The molecule has 3 aromatic rings. The number of hydrogen-bond acceptors (Lipinski definition) is 6. The predicted molar refractivity (Wildman–Crippen MR) is 138 cm³/mol. The number of nitrogens with zero attached hydrogens (tertiary/aromatic N) is 5. The number of pyridine rings is 1. The highest BCUT2D eigenvalue weighted by molar-refractivity contribution is 5.95. The Hall–Kier alpha value is -4.26. The quantitative estimate of drug-likeness (QED) is 0.483. The number of hydrogen-bond donors (Lipinski definition) is 2. The first kappa shape index (κ1) is 27.3. The number of hydrazine groups is 1. The Balaban J connectivity index is 1.23. The number of carbonyl (C=O) groups excluding carboxylic acids is 3. The topological polar surface area (TPSA) is 112 Å². The number of nitrogens with one attached hydrogen (secondary N) is 2. The van der Waals surface area contributed by atoms with Gasteiger partial charge >= 0.3 is 6.18 Å². The molecule has 4 heterocycles. The minimum absolute atomic E-state index is 0.160. The van der Waals surface area contributed by atoms with Gasteiger partial charge in [0.05, 0.1) is 5.69 Å². The molecule has 2 atom stereocenters. The third-order valence-corrected chi connectivity index (χ3v) is 7.07. The minimum Gasteiger partial charge on any atom is -0.340 e. The van der Waals surface area contributed by atoms with Crippen LogP contribution in [0.2, 0.25) is 0 Å². The molecule has 2 N–H and O–H groups in total. The fourth-order valence-electron chi connectivity index (χ4n) is 4.94. The summed E-state index contributed by atoms with van der Waals surface area (Å²) in [6.07, 6.45) is -2.79. The zero-order valence-corrected chi connectivity index (χ0v) is 21.9. The first-order valence-corrected chi connectivity index (χ1v) is 12.8. The van der Waals surface area contributed by atoms with Gasteiger partial charge in [-0.1, -0.05) is 31.2 Å². The SMILES string of the molecule is C[C@H](CC(=O)Nc1cc(-c2ccc(C(F)(F)F)nc2)nn1C)C(=O)N[C@@H]1C(=O)N2CCCN2Cc2ccccc21. The molecule has 210 valence electrons. The Kier molecular flexibility index (Phi) is 7.32. The smallest absolute Gasteiger partial charge is 0.340 e. The van der Waals surface area contributed by atoms with Crippen molar-refractivity contribution in [2.24, 2.45) is 13.0 Å². The molecule has 1 fully saturated rings. The number of aromatic nitrogens is 3. The molecule has 0 aliphatic carbocycles. The summed E-state index contributed by atoms with van der Waals surface area (Å²) in [6.45, 7) is 3.54. The monoisotopic (exact) mass is 555 g/mol. The third-order valence-electron chi connectivity index (χ3n) is 7.07. The van der Waals surface area contributed by atoms with Gasteiger partial charge in [-0.2, -0.15) is 18.3 Å². The van der Waals surface area contributed by atoms with Crippen LogP contribution in [0, 0.1) is 5.92 Å². The van der Waals surface area contributed by atoms with E-state index in [-0.39, 0.29) is 12.3 Å². The Morgan fingerprint density at radius 3 is 2.65 bits per heavy atom. The summed E-state index contributed by atoms with van der Waals surface area (Å²) >= 11 is 0. The number of aryl methyl sites for hydroxylation is 1. The molecule has 2 aliphatic heterocycles. The highest BCUT2D eigenvalue weighted by Gasteiger charge is 2.38. The number of halogens is 3. The number of carbonyl (C=O) groups is 3. The van der Waals surface area contributed by atoms with Crippen molar-refractivity contribution < 1.29 is 27.6 Å². The van der Waals surface area contributed by atoms with Crippen molar-refractivity contribution in [3.8, 4) is 11.3 Å². The van der Waals surface area contributed by atoms with E-state index in [9.17, 15) is 27.6 Å². The minimum atomic E-state index is -4.55. The van der Waals surface area contributed by atoms with Gasteiger partial charge in [-0.25, -0.2) is 5.01 Å². The Morgan fingerprint density at radius 2 is 1.93 bits per heavy atom. The molecular formula is C27H28F3N7O3. The lowest BCUT2D eigenvalue weighted by molar-refractivity contribution is -0.148. The molecule has 13 heteroatoms. The van der Waals surface area contributed by atoms with Gasteiger partial charge in [-0.15, -0.1) is 0 Å². The van der Waals surface area contributed by atoms with Crippen LogP contribution in [-0.4, -0.2) is 55.6 Å². The molecule has 2 aromatic heterocycles. The number of fused-ring (bicyclic) bond motifs is 2. The average Bonchev–Trinajstić information content (AvgIpc) is 3.50. The molecule has 2 aliphatic rings. The highest BCUT2D eigenvalue weighted by atomic mass is 19.4. The van der Waals surface area contributed by atoms with Crippen molar-refractivity contribution in [2.75, 3.05) is 18.4 Å². The maximum atomic E-state index is 13.4. The van der Waals surface area contributed by atoms with E-state index in [4.69, 9.17) is 0 Å². The highest BCUT2D eigenvalue weighted by Crippen LogP contribution is 2.31. The van der Waals surface area contributed by atoms with Crippen molar-refractivity contribution in [3.63, 3.8) is 0 Å². The van der Waals surface area contributed by atoms with Gasteiger partial charge in [0.2, 0.25) is 11.8 Å². The number of benzene rings is 1. The molecule has 40 heavy (non-hydrogen) atoms. The van der Waals surface area contributed by atoms with E-state index in [0.29, 0.717) is 30.2 Å². The van der Waals surface area contributed by atoms with Crippen molar-refractivity contribution in [2.45, 2.75) is 38.5 Å². The second-order valence-corrected chi connectivity index (χ2v) is 9.97. The van der Waals surface area contributed by atoms with E-state index in [2.05, 4.69) is 20.7 Å². The van der Waals surface area contributed by atoms with Gasteiger partial charge in [0, 0.05) is 56.8 Å². The van der Waals surface area contributed by atoms with E-state index in [1.807, 2.05) is 29.3 Å². The standard InChI is InChI=1S/C27H28F3N7O3/c1-16(25(39)33-24-19-7-4-3-6-18(19)15-36-10-5-11-37(36)26(24)40)12-23(38)32-22-13-20(34-35(22)2)17-8-9-21(31-14-17)27(28,29)30/h3-4,6-9,13-14,16,24H,5,10-12,15H2,1-2H3,(H,32,38)(H,33,39)/t16-,24+/m1/s1. The maximum absolute atomic E-state index is 13.4.